The zero-order chi connectivity index (χ0) is 11.1. The van der Waals surface area contributed by atoms with Crippen LogP contribution in [0.1, 0.15) is 58.8 Å². The average molecular weight is 214 g/mol. The van der Waals surface area contributed by atoms with Crippen LogP contribution in [0.4, 0.5) is 0 Å². The standard InChI is InChI=1S/C13H26O2/c1-3-5-12-6-8-13(11-14,9-7-12)15-10-4-2/h12,14H,3-11H2,1-2H3. The lowest BCUT2D eigenvalue weighted by Gasteiger charge is -2.38. The van der Waals surface area contributed by atoms with Crippen LogP contribution in [0.3, 0.4) is 0 Å². The minimum Gasteiger partial charge on any atom is -0.393 e. The number of hydrogen-bond donors (Lipinski definition) is 1. The SMILES string of the molecule is CCCOC1(CO)CCC(CCC)CC1. The Balaban J connectivity index is 2.36. The van der Waals surface area contributed by atoms with E-state index in [-0.39, 0.29) is 12.2 Å². The van der Waals surface area contributed by atoms with Gasteiger partial charge in [-0.3, -0.25) is 0 Å². The highest BCUT2D eigenvalue weighted by molar-refractivity contribution is 4.86. The van der Waals surface area contributed by atoms with Gasteiger partial charge in [-0.05, 0) is 38.0 Å². The second-order valence-electron chi connectivity index (χ2n) is 4.92. The third-order valence-electron chi connectivity index (χ3n) is 3.61. The maximum atomic E-state index is 9.46. The van der Waals surface area contributed by atoms with E-state index < -0.39 is 0 Å². The molecule has 0 aromatic heterocycles. The largest absolute Gasteiger partial charge is 0.393 e. The highest BCUT2D eigenvalue weighted by Gasteiger charge is 2.35. The molecule has 0 heterocycles. The predicted octanol–water partition coefficient (Wildman–Crippen LogP) is 3.13. The Hall–Kier alpha value is -0.0800. The maximum absolute atomic E-state index is 9.46. The molecule has 0 spiro atoms. The van der Waals surface area contributed by atoms with Gasteiger partial charge in [0.15, 0.2) is 0 Å². The molecule has 1 saturated carbocycles. The fraction of sp³-hybridized carbons (Fsp3) is 1.00. The van der Waals surface area contributed by atoms with Crippen LogP contribution >= 0.6 is 0 Å². The van der Waals surface area contributed by atoms with E-state index >= 15 is 0 Å². The predicted molar refractivity (Wildman–Crippen MR) is 62.9 cm³/mol. The molecule has 0 atom stereocenters. The van der Waals surface area contributed by atoms with Crippen molar-refractivity contribution in [3.63, 3.8) is 0 Å². The van der Waals surface area contributed by atoms with Crippen molar-refractivity contribution in [3.05, 3.63) is 0 Å². The van der Waals surface area contributed by atoms with Gasteiger partial charge in [0.25, 0.3) is 0 Å². The van der Waals surface area contributed by atoms with Gasteiger partial charge >= 0.3 is 0 Å². The highest BCUT2D eigenvalue weighted by Crippen LogP contribution is 2.36. The molecule has 15 heavy (non-hydrogen) atoms. The Morgan fingerprint density at radius 3 is 2.33 bits per heavy atom. The van der Waals surface area contributed by atoms with E-state index in [1.807, 2.05) is 0 Å². The first kappa shape index (κ1) is 13.0. The maximum Gasteiger partial charge on any atom is 0.0912 e. The first-order valence-corrected chi connectivity index (χ1v) is 6.51. The molecule has 0 aromatic carbocycles. The van der Waals surface area contributed by atoms with Gasteiger partial charge < -0.3 is 9.84 Å². The molecule has 1 N–H and O–H groups in total. The van der Waals surface area contributed by atoms with Crippen molar-refractivity contribution >= 4 is 0 Å². The van der Waals surface area contributed by atoms with E-state index in [0.717, 1.165) is 31.8 Å². The number of aliphatic hydroxyl groups is 1. The molecular formula is C13H26O2. The molecule has 0 saturated heterocycles. The molecule has 0 unspecified atom stereocenters. The van der Waals surface area contributed by atoms with Gasteiger partial charge in [0.05, 0.1) is 12.2 Å². The Labute approximate surface area is 94.0 Å². The fourth-order valence-electron chi connectivity index (χ4n) is 2.57. The number of rotatable bonds is 6. The minimum absolute atomic E-state index is 0.194. The summed E-state index contributed by atoms with van der Waals surface area (Å²) >= 11 is 0. The summed E-state index contributed by atoms with van der Waals surface area (Å²) in [6.07, 6.45) is 8.24. The molecule has 90 valence electrons. The number of hydrogen-bond acceptors (Lipinski definition) is 2. The summed E-state index contributed by atoms with van der Waals surface area (Å²) in [5.74, 6) is 0.875. The molecule has 2 nitrogen and oxygen atoms in total. The molecule has 2 heteroatoms. The quantitative estimate of drug-likeness (QED) is 0.736. The normalized spacial score (nSPS) is 31.8. The van der Waals surface area contributed by atoms with E-state index in [1.165, 1.54) is 25.7 Å². The summed E-state index contributed by atoms with van der Waals surface area (Å²) < 4.78 is 5.85. The van der Waals surface area contributed by atoms with Crippen molar-refractivity contribution in [3.8, 4) is 0 Å². The van der Waals surface area contributed by atoms with Gasteiger partial charge in [0.1, 0.15) is 0 Å². The van der Waals surface area contributed by atoms with Gasteiger partial charge in [0, 0.05) is 6.61 Å². The lowest BCUT2D eigenvalue weighted by molar-refractivity contribution is -0.108. The Bertz CT molecular complexity index is 160. The molecule has 0 aromatic rings. The zero-order valence-corrected chi connectivity index (χ0v) is 10.3. The fourth-order valence-corrected chi connectivity index (χ4v) is 2.57. The van der Waals surface area contributed by atoms with Gasteiger partial charge in [-0.25, -0.2) is 0 Å². The van der Waals surface area contributed by atoms with Crippen LogP contribution in [0.25, 0.3) is 0 Å². The van der Waals surface area contributed by atoms with Gasteiger partial charge in [-0.2, -0.15) is 0 Å². The lowest BCUT2D eigenvalue weighted by Crippen LogP contribution is -2.41. The Morgan fingerprint density at radius 1 is 1.20 bits per heavy atom. The van der Waals surface area contributed by atoms with Crippen LogP contribution in [0.5, 0.6) is 0 Å². The van der Waals surface area contributed by atoms with Crippen molar-refractivity contribution in [2.75, 3.05) is 13.2 Å². The topological polar surface area (TPSA) is 29.5 Å². The summed E-state index contributed by atoms with van der Waals surface area (Å²) in [5.41, 5.74) is -0.194. The Morgan fingerprint density at radius 2 is 1.87 bits per heavy atom. The van der Waals surface area contributed by atoms with Crippen molar-refractivity contribution < 1.29 is 9.84 Å². The molecule has 1 aliphatic carbocycles. The molecule has 0 radical (unpaired) electrons. The first-order valence-electron chi connectivity index (χ1n) is 6.51. The van der Waals surface area contributed by atoms with E-state index in [1.54, 1.807) is 0 Å². The van der Waals surface area contributed by atoms with Crippen molar-refractivity contribution in [2.24, 2.45) is 5.92 Å². The third kappa shape index (κ3) is 3.76. The average Bonchev–Trinajstić information content (AvgIpc) is 2.29. The van der Waals surface area contributed by atoms with Gasteiger partial charge in [-0.15, -0.1) is 0 Å². The monoisotopic (exact) mass is 214 g/mol. The molecule has 0 amide bonds. The van der Waals surface area contributed by atoms with Gasteiger partial charge in [-0.1, -0.05) is 26.7 Å². The van der Waals surface area contributed by atoms with E-state index in [2.05, 4.69) is 13.8 Å². The lowest BCUT2D eigenvalue weighted by atomic mass is 9.77. The van der Waals surface area contributed by atoms with Crippen LogP contribution in [0.2, 0.25) is 0 Å². The molecular weight excluding hydrogens is 188 g/mol. The van der Waals surface area contributed by atoms with Crippen molar-refractivity contribution in [2.45, 2.75) is 64.4 Å². The molecule has 0 aliphatic heterocycles. The second-order valence-corrected chi connectivity index (χ2v) is 4.92. The summed E-state index contributed by atoms with van der Waals surface area (Å²) in [6, 6.07) is 0. The Kier molecular flexibility index (Phi) is 5.62. The molecule has 1 rings (SSSR count). The molecule has 0 bridgehead atoms. The summed E-state index contributed by atoms with van der Waals surface area (Å²) in [5, 5.41) is 9.46. The van der Waals surface area contributed by atoms with Crippen LogP contribution in [0, 0.1) is 5.92 Å². The van der Waals surface area contributed by atoms with Crippen molar-refractivity contribution in [1.29, 1.82) is 0 Å². The summed E-state index contributed by atoms with van der Waals surface area (Å²) in [7, 11) is 0. The molecule has 1 aliphatic rings. The summed E-state index contributed by atoms with van der Waals surface area (Å²) in [4.78, 5) is 0. The van der Waals surface area contributed by atoms with Crippen LogP contribution in [-0.4, -0.2) is 23.9 Å². The van der Waals surface area contributed by atoms with E-state index in [4.69, 9.17) is 4.74 Å². The smallest absolute Gasteiger partial charge is 0.0912 e. The zero-order valence-electron chi connectivity index (χ0n) is 10.3. The van der Waals surface area contributed by atoms with E-state index in [9.17, 15) is 5.11 Å². The highest BCUT2D eigenvalue weighted by atomic mass is 16.5. The number of aliphatic hydroxyl groups excluding tert-OH is 1. The minimum atomic E-state index is -0.194. The van der Waals surface area contributed by atoms with Crippen LogP contribution in [0.15, 0.2) is 0 Å². The van der Waals surface area contributed by atoms with Crippen LogP contribution < -0.4 is 0 Å². The number of ether oxygens (including phenoxy) is 1. The third-order valence-corrected chi connectivity index (χ3v) is 3.61. The van der Waals surface area contributed by atoms with E-state index in [0.29, 0.717) is 0 Å². The molecule has 1 fully saturated rings. The first-order chi connectivity index (χ1) is 7.26. The van der Waals surface area contributed by atoms with Gasteiger partial charge in [0.2, 0.25) is 0 Å². The second kappa shape index (κ2) is 6.49. The van der Waals surface area contributed by atoms with Crippen molar-refractivity contribution in [1.82, 2.24) is 0 Å². The summed E-state index contributed by atoms with van der Waals surface area (Å²) in [6.45, 7) is 5.36. The van der Waals surface area contributed by atoms with Crippen LogP contribution in [-0.2, 0) is 4.74 Å².